The Labute approximate surface area is 337 Å². The van der Waals surface area contributed by atoms with E-state index in [1.54, 1.807) is 0 Å². The Morgan fingerprint density at radius 1 is 0.517 bits per heavy atom. The number of hydrogen-bond donors (Lipinski definition) is 1. The topological polar surface area (TPSA) is 42.5 Å². The van der Waals surface area contributed by atoms with Gasteiger partial charge in [-0.25, -0.2) is 0 Å². The van der Waals surface area contributed by atoms with Gasteiger partial charge in [0.15, 0.2) is 0 Å². The molecule has 1 aliphatic heterocycles. The molecule has 0 radical (unpaired) electrons. The fourth-order valence-corrected chi connectivity index (χ4v) is 9.01. The molecular weight excluding hydrogens is 707 g/mol. The van der Waals surface area contributed by atoms with Crippen molar-refractivity contribution in [2.24, 2.45) is 4.99 Å². The minimum absolute atomic E-state index is 0.203. The second kappa shape index (κ2) is 13.9. The first-order chi connectivity index (χ1) is 28.7. The van der Waals surface area contributed by atoms with Crippen molar-refractivity contribution in [2.45, 2.75) is 19.4 Å². The zero-order valence-electron chi connectivity index (χ0n) is 32.1. The highest BCUT2D eigenvalue weighted by atomic mass is 16.3. The first kappa shape index (κ1) is 33.9. The normalized spacial score (nSPS) is 14.4. The summed E-state index contributed by atoms with van der Waals surface area (Å²) in [6.07, 6.45) is 0.842. The first-order valence-corrected chi connectivity index (χ1v) is 20.1. The number of benzene rings is 8. The molecule has 1 unspecified atom stereocenters. The average molecular weight is 746 g/mol. The SMILES string of the molecule is CCC1=C(c2ccccc2)NC(c2ccccc2)=NC1c1cccc2oc3ccc(-c4ccc5c(c4)c4ccccc4n5-c4ccccc4-c4ccccc4)cc3c12. The molecule has 0 saturated carbocycles. The van der Waals surface area contributed by atoms with Crippen molar-refractivity contribution in [2.75, 3.05) is 0 Å². The zero-order chi connectivity index (χ0) is 38.6. The average Bonchev–Trinajstić information content (AvgIpc) is 3.84. The smallest absolute Gasteiger partial charge is 0.135 e. The van der Waals surface area contributed by atoms with Crippen LogP contribution in [0.2, 0.25) is 0 Å². The molecule has 0 amide bonds. The van der Waals surface area contributed by atoms with Crippen molar-refractivity contribution in [1.82, 2.24) is 9.88 Å². The molecule has 11 rings (SSSR count). The Morgan fingerprint density at radius 2 is 1.16 bits per heavy atom. The number of nitrogens with zero attached hydrogens (tertiary/aromatic N) is 2. The van der Waals surface area contributed by atoms with Gasteiger partial charge in [-0.15, -0.1) is 0 Å². The highest BCUT2D eigenvalue weighted by Crippen LogP contribution is 2.44. The van der Waals surface area contributed by atoms with E-state index in [0.29, 0.717) is 0 Å². The molecule has 0 saturated heterocycles. The first-order valence-electron chi connectivity index (χ1n) is 20.1. The third-order valence-corrected chi connectivity index (χ3v) is 11.7. The molecule has 1 N–H and O–H groups in total. The van der Waals surface area contributed by atoms with E-state index in [1.165, 1.54) is 44.2 Å². The second-order valence-electron chi connectivity index (χ2n) is 15.0. The molecule has 8 aromatic carbocycles. The van der Waals surface area contributed by atoms with Gasteiger partial charge in [0, 0.05) is 38.4 Å². The van der Waals surface area contributed by atoms with Crippen molar-refractivity contribution in [3.63, 3.8) is 0 Å². The second-order valence-corrected chi connectivity index (χ2v) is 15.0. The summed E-state index contributed by atoms with van der Waals surface area (Å²) in [5, 5.41) is 8.40. The van der Waals surface area contributed by atoms with Crippen molar-refractivity contribution in [3.8, 4) is 27.9 Å². The van der Waals surface area contributed by atoms with Crippen molar-refractivity contribution in [3.05, 3.63) is 216 Å². The van der Waals surface area contributed by atoms with Crippen LogP contribution >= 0.6 is 0 Å². The number of hydrogen-bond acceptors (Lipinski definition) is 3. The van der Waals surface area contributed by atoms with Gasteiger partial charge in [-0.05, 0) is 82.3 Å². The highest BCUT2D eigenvalue weighted by molar-refractivity contribution is 6.13. The molecule has 2 aromatic heterocycles. The van der Waals surface area contributed by atoms with Gasteiger partial charge < -0.3 is 14.3 Å². The van der Waals surface area contributed by atoms with Crippen LogP contribution in [0.3, 0.4) is 0 Å². The fraction of sp³-hybridized carbons (Fsp3) is 0.0556. The van der Waals surface area contributed by atoms with E-state index < -0.39 is 0 Å². The third kappa shape index (κ3) is 5.56. The van der Waals surface area contributed by atoms with Crippen LogP contribution in [-0.2, 0) is 0 Å². The van der Waals surface area contributed by atoms with Gasteiger partial charge in [0.25, 0.3) is 0 Å². The molecule has 1 atom stereocenters. The van der Waals surface area contributed by atoms with Crippen LogP contribution in [0.4, 0.5) is 0 Å². The molecule has 276 valence electrons. The number of amidine groups is 1. The van der Waals surface area contributed by atoms with Crippen molar-refractivity contribution < 1.29 is 4.42 Å². The molecule has 4 heteroatoms. The maximum Gasteiger partial charge on any atom is 0.135 e. The number of rotatable bonds is 7. The van der Waals surface area contributed by atoms with Crippen LogP contribution in [0, 0.1) is 0 Å². The molecule has 58 heavy (non-hydrogen) atoms. The zero-order valence-corrected chi connectivity index (χ0v) is 32.1. The Bertz CT molecular complexity index is 3230. The molecule has 1 aliphatic rings. The number of fused-ring (bicyclic) bond motifs is 6. The predicted molar refractivity (Wildman–Crippen MR) is 241 cm³/mol. The van der Waals surface area contributed by atoms with Gasteiger partial charge in [0.05, 0.1) is 16.7 Å². The lowest BCUT2D eigenvalue weighted by Crippen LogP contribution is -2.30. The molecule has 10 aromatic rings. The number of furan rings is 1. The number of para-hydroxylation sites is 2. The van der Waals surface area contributed by atoms with Crippen LogP contribution in [0.5, 0.6) is 0 Å². The summed E-state index contributed by atoms with van der Waals surface area (Å²) in [4.78, 5) is 5.49. The molecule has 4 nitrogen and oxygen atoms in total. The monoisotopic (exact) mass is 745 g/mol. The van der Waals surface area contributed by atoms with E-state index in [4.69, 9.17) is 9.41 Å². The van der Waals surface area contributed by atoms with Crippen LogP contribution in [0.1, 0.15) is 36.1 Å². The summed E-state index contributed by atoms with van der Waals surface area (Å²) >= 11 is 0. The summed E-state index contributed by atoms with van der Waals surface area (Å²) in [6.45, 7) is 2.23. The van der Waals surface area contributed by atoms with Gasteiger partial charge in [-0.3, -0.25) is 4.99 Å². The van der Waals surface area contributed by atoms with Gasteiger partial charge in [-0.2, -0.15) is 0 Å². The molecule has 3 heterocycles. The molecule has 0 bridgehead atoms. The highest BCUT2D eigenvalue weighted by Gasteiger charge is 2.29. The van der Waals surface area contributed by atoms with E-state index in [9.17, 15) is 0 Å². The molecule has 0 spiro atoms. The predicted octanol–water partition coefficient (Wildman–Crippen LogP) is 13.9. The standard InChI is InChI=1S/C54H39N3O/c1-2-40-52(36-19-8-4-9-20-36)55-54(37-21-10-5-11-22-37)56-53(40)43-25-16-28-50-51(43)45-34-39(30-32-49(45)58-50)38-29-31-48-44(33-38)42-24-13-15-27-47(42)57(48)46-26-14-12-23-41(46)35-17-6-3-7-18-35/h3-34,53H,2H2,1H3,(H,55,56). The van der Waals surface area contributed by atoms with E-state index in [2.05, 4.69) is 205 Å². The minimum atomic E-state index is -0.203. The van der Waals surface area contributed by atoms with E-state index in [1.807, 2.05) is 6.07 Å². The maximum absolute atomic E-state index is 6.61. The van der Waals surface area contributed by atoms with Crippen LogP contribution < -0.4 is 5.32 Å². The number of aromatic nitrogens is 1. The maximum atomic E-state index is 6.61. The molecule has 0 fully saturated rings. The summed E-state index contributed by atoms with van der Waals surface area (Å²) in [5.74, 6) is 0.867. The lowest BCUT2D eigenvalue weighted by molar-refractivity contribution is 0.668. The third-order valence-electron chi connectivity index (χ3n) is 11.7. The lowest BCUT2D eigenvalue weighted by atomic mass is 9.88. The largest absolute Gasteiger partial charge is 0.456 e. The van der Waals surface area contributed by atoms with Crippen LogP contribution in [-0.4, -0.2) is 10.4 Å². The van der Waals surface area contributed by atoms with E-state index >= 15 is 0 Å². The summed E-state index contributed by atoms with van der Waals surface area (Å²) in [7, 11) is 0. The molecule has 0 aliphatic carbocycles. The van der Waals surface area contributed by atoms with Gasteiger partial charge in [0.1, 0.15) is 23.0 Å². The number of nitrogens with one attached hydrogen (secondary N) is 1. The molecular formula is C54H39N3O. The van der Waals surface area contributed by atoms with Gasteiger partial charge in [-0.1, -0.05) is 159 Å². The minimum Gasteiger partial charge on any atom is -0.456 e. The lowest BCUT2D eigenvalue weighted by Gasteiger charge is -2.29. The van der Waals surface area contributed by atoms with E-state index in [0.717, 1.165) is 67.7 Å². The summed E-state index contributed by atoms with van der Waals surface area (Å²) in [5.41, 5.74) is 15.7. The summed E-state index contributed by atoms with van der Waals surface area (Å²) in [6, 6.07) is 69.0. The fourth-order valence-electron chi connectivity index (χ4n) is 9.01. The Kier molecular flexibility index (Phi) is 8.14. The Balaban J connectivity index is 1.08. The van der Waals surface area contributed by atoms with Gasteiger partial charge in [0.2, 0.25) is 0 Å². The van der Waals surface area contributed by atoms with Gasteiger partial charge >= 0.3 is 0 Å². The Hall–Kier alpha value is -7.43. The van der Waals surface area contributed by atoms with Crippen molar-refractivity contribution >= 4 is 55.3 Å². The van der Waals surface area contributed by atoms with Crippen LogP contribution in [0.15, 0.2) is 209 Å². The Morgan fingerprint density at radius 3 is 1.93 bits per heavy atom. The number of aliphatic imine (C=N–C) groups is 1. The van der Waals surface area contributed by atoms with E-state index in [-0.39, 0.29) is 6.04 Å². The quantitative estimate of drug-likeness (QED) is 0.176. The van der Waals surface area contributed by atoms with Crippen molar-refractivity contribution in [1.29, 1.82) is 0 Å². The van der Waals surface area contributed by atoms with Crippen LogP contribution in [0.25, 0.3) is 77.4 Å². The summed E-state index contributed by atoms with van der Waals surface area (Å²) < 4.78 is 9.03.